The van der Waals surface area contributed by atoms with E-state index >= 15 is 0 Å². The molecule has 0 aliphatic heterocycles. The summed E-state index contributed by atoms with van der Waals surface area (Å²) in [5, 5.41) is 5.53. The lowest BCUT2D eigenvalue weighted by Gasteiger charge is -2.20. The zero-order chi connectivity index (χ0) is 14.5. The Kier molecular flexibility index (Phi) is 5.57. The minimum Gasteiger partial charge on any atom is -0.496 e. The van der Waals surface area contributed by atoms with Gasteiger partial charge in [-0.15, -0.1) is 11.3 Å². The molecule has 108 valence electrons. The van der Waals surface area contributed by atoms with E-state index in [1.807, 2.05) is 0 Å². The van der Waals surface area contributed by atoms with E-state index in [1.54, 1.807) is 24.5 Å². The van der Waals surface area contributed by atoms with Crippen LogP contribution in [0.3, 0.4) is 0 Å². The minimum absolute atomic E-state index is 0.0665. The average Bonchev–Trinajstić information content (AvgIpc) is 2.86. The van der Waals surface area contributed by atoms with Crippen LogP contribution in [0.5, 0.6) is 5.75 Å². The van der Waals surface area contributed by atoms with Gasteiger partial charge in [-0.25, -0.2) is 4.39 Å². The van der Waals surface area contributed by atoms with Crippen molar-refractivity contribution in [2.75, 3.05) is 13.7 Å². The molecule has 20 heavy (non-hydrogen) atoms. The van der Waals surface area contributed by atoms with E-state index in [0.717, 1.165) is 27.9 Å². The second kappa shape index (κ2) is 7.20. The Bertz CT molecular complexity index is 573. The molecule has 0 radical (unpaired) electrons. The van der Waals surface area contributed by atoms with E-state index in [1.165, 1.54) is 12.1 Å². The van der Waals surface area contributed by atoms with E-state index in [4.69, 9.17) is 4.74 Å². The smallest absolute Gasteiger partial charge is 0.124 e. The molecule has 0 amide bonds. The van der Waals surface area contributed by atoms with Crippen LogP contribution < -0.4 is 10.1 Å². The Morgan fingerprint density at radius 2 is 2.20 bits per heavy atom. The summed E-state index contributed by atoms with van der Waals surface area (Å²) in [6, 6.07) is 6.62. The Morgan fingerprint density at radius 1 is 1.40 bits per heavy atom. The van der Waals surface area contributed by atoms with Crippen molar-refractivity contribution < 1.29 is 9.13 Å². The number of hydrogen-bond acceptors (Lipinski definition) is 3. The summed E-state index contributed by atoms with van der Waals surface area (Å²) < 4.78 is 20.0. The third-order valence-corrected chi connectivity index (χ3v) is 4.54. The third kappa shape index (κ3) is 3.59. The first-order chi connectivity index (χ1) is 9.65. The average molecular weight is 358 g/mol. The molecule has 0 aliphatic rings. The zero-order valence-corrected chi connectivity index (χ0v) is 13.9. The van der Waals surface area contributed by atoms with Gasteiger partial charge < -0.3 is 10.1 Å². The number of methoxy groups -OCH3 is 1. The number of hydrogen-bond donors (Lipinski definition) is 1. The second-order valence-corrected chi connectivity index (χ2v) is 6.75. The lowest BCUT2D eigenvalue weighted by Crippen LogP contribution is -2.23. The van der Waals surface area contributed by atoms with Gasteiger partial charge in [-0.3, -0.25) is 0 Å². The highest BCUT2D eigenvalue weighted by Crippen LogP contribution is 2.34. The number of halogens is 2. The van der Waals surface area contributed by atoms with Crippen molar-refractivity contribution in [3.63, 3.8) is 0 Å². The SMILES string of the molecule is CCCNC(c1csc(Br)c1)c1cc(F)ccc1OC. The molecule has 0 saturated heterocycles. The summed E-state index contributed by atoms with van der Waals surface area (Å²) in [6.07, 6.45) is 1.01. The van der Waals surface area contributed by atoms with Crippen LogP contribution in [0.15, 0.2) is 33.4 Å². The predicted octanol–water partition coefficient (Wildman–Crippen LogP) is 4.75. The number of rotatable bonds is 6. The van der Waals surface area contributed by atoms with Gasteiger partial charge in [-0.1, -0.05) is 6.92 Å². The summed E-state index contributed by atoms with van der Waals surface area (Å²) in [4.78, 5) is 0. The van der Waals surface area contributed by atoms with Crippen LogP contribution in [-0.4, -0.2) is 13.7 Å². The van der Waals surface area contributed by atoms with Gasteiger partial charge in [0.05, 0.1) is 16.9 Å². The summed E-state index contributed by atoms with van der Waals surface area (Å²) in [5.41, 5.74) is 1.94. The maximum absolute atomic E-state index is 13.6. The molecule has 0 bridgehead atoms. The molecule has 0 saturated carbocycles. The van der Waals surface area contributed by atoms with Crippen molar-refractivity contribution in [3.05, 3.63) is 50.4 Å². The molecule has 1 atom stereocenters. The van der Waals surface area contributed by atoms with Gasteiger partial charge in [0.2, 0.25) is 0 Å². The van der Waals surface area contributed by atoms with Crippen LogP contribution in [0.1, 0.15) is 30.5 Å². The fraction of sp³-hybridized carbons (Fsp3) is 0.333. The maximum atomic E-state index is 13.6. The van der Waals surface area contributed by atoms with Crippen LogP contribution in [-0.2, 0) is 0 Å². The first kappa shape index (κ1) is 15.5. The van der Waals surface area contributed by atoms with Gasteiger partial charge in [0.1, 0.15) is 11.6 Å². The van der Waals surface area contributed by atoms with Crippen LogP contribution >= 0.6 is 27.3 Å². The standard InChI is InChI=1S/C15H17BrFNOS/c1-3-6-18-15(10-7-14(16)20-9-10)12-8-11(17)4-5-13(12)19-2/h4-5,7-9,15,18H,3,6H2,1-2H3. The molecule has 2 nitrogen and oxygen atoms in total. The quantitative estimate of drug-likeness (QED) is 0.805. The largest absolute Gasteiger partial charge is 0.496 e. The van der Waals surface area contributed by atoms with Crippen LogP contribution in [0, 0.1) is 5.82 Å². The Morgan fingerprint density at radius 3 is 2.80 bits per heavy atom. The molecule has 1 N–H and O–H groups in total. The molecule has 1 unspecified atom stereocenters. The zero-order valence-electron chi connectivity index (χ0n) is 11.5. The summed E-state index contributed by atoms with van der Waals surface area (Å²) in [7, 11) is 1.61. The van der Waals surface area contributed by atoms with Gasteiger partial charge >= 0.3 is 0 Å². The molecule has 1 heterocycles. The molecule has 1 aromatic carbocycles. The van der Waals surface area contributed by atoms with Crippen molar-refractivity contribution in [3.8, 4) is 5.75 Å². The first-order valence-corrected chi connectivity index (χ1v) is 8.13. The molecule has 2 rings (SSSR count). The maximum Gasteiger partial charge on any atom is 0.124 e. The third-order valence-electron chi connectivity index (χ3n) is 3.02. The van der Waals surface area contributed by atoms with Crippen molar-refractivity contribution in [2.24, 2.45) is 0 Å². The van der Waals surface area contributed by atoms with Crippen LogP contribution in [0.2, 0.25) is 0 Å². The van der Waals surface area contributed by atoms with Gasteiger partial charge in [0.15, 0.2) is 0 Å². The number of ether oxygens (including phenoxy) is 1. The van der Waals surface area contributed by atoms with E-state index in [9.17, 15) is 4.39 Å². The van der Waals surface area contributed by atoms with Crippen LogP contribution in [0.4, 0.5) is 4.39 Å². The minimum atomic E-state index is -0.251. The molecule has 5 heteroatoms. The Balaban J connectivity index is 2.42. The highest BCUT2D eigenvalue weighted by molar-refractivity contribution is 9.11. The molecule has 0 fully saturated rings. The lowest BCUT2D eigenvalue weighted by atomic mass is 10.00. The van der Waals surface area contributed by atoms with Gasteiger partial charge in [0, 0.05) is 5.56 Å². The fourth-order valence-corrected chi connectivity index (χ4v) is 3.30. The van der Waals surface area contributed by atoms with Crippen LogP contribution in [0.25, 0.3) is 0 Å². The molecule has 0 aliphatic carbocycles. The summed E-state index contributed by atoms with van der Waals surface area (Å²) in [5.74, 6) is 0.445. The van der Waals surface area contributed by atoms with Gasteiger partial charge in [-0.2, -0.15) is 0 Å². The topological polar surface area (TPSA) is 21.3 Å². The number of thiophene rings is 1. The summed E-state index contributed by atoms with van der Waals surface area (Å²) >= 11 is 5.10. The molecule has 1 aromatic heterocycles. The summed E-state index contributed by atoms with van der Waals surface area (Å²) in [6.45, 7) is 2.97. The highest BCUT2D eigenvalue weighted by atomic mass is 79.9. The van der Waals surface area contributed by atoms with E-state index in [0.29, 0.717) is 5.75 Å². The fourth-order valence-electron chi connectivity index (χ4n) is 2.10. The monoisotopic (exact) mass is 357 g/mol. The normalized spacial score (nSPS) is 12.4. The second-order valence-electron chi connectivity index (χ2n) is 4.46. The number of nitrogens with one attached hydrogen (secondary N) is 1. The highest BCUT2D eigenvalue weighted by Gasteiger charge is 2.19. The number of benzene rings is 1. The van der Waals surface area contributed by atoms with E-state index in [2.05, 4.69) is 39.6 Å². The van der Waals surface area contributed by atoms with Crippen molar-refractivity contribution in [1.29, 1.82) is 0 Å². The molecular weight excluding hydrogens is 341 g/mol. The first-order valence-electron chi connectivity index (χ1n) is 6.46. The molecule has 0 spiro atoms. The van der Waals surface area contributed by atoms with Gasteiger partial charge in [-0.05, 0) is 64.1 Å². The Hall–Kier alpha value is -0.910. The molecular formula is C15H17BrFNOS. The van der Waals surface area contributed by atoms with Gasteiger partial charge in [0.25, 0.3) is 0 Å². The van der Waals surface area contributed by atoms with Crippen molar-refractivity contribution in [2.45, 2.75) is 19.4 Å². The molecule has 2 aromatic rings. The van der Waals surface area contributed by atoms with Crippen molar-refractivity contribution in [1.82, 2.24) is 5.32 Å². The Labute approximate surface area is 131 Å². The van der Waals surface area contributed by atoms with E-state index in [-0.39, 0.29) is 11.9 Å². The lowest BCUT2D eigenvalue weighted by molar-refractivity contribution is 0.402. The van der Waals surface area contributed by atoms with Crippen molar-refractivity contribution >= 4 is 27.3 Å². The predicted molar refractivity (Wildman–Crippen MR) is 85.1 cm³/mol. The van der Waals surface area contributed by atoms with E-state index < -0.39 is 0 Å².